The van der Waals surface area contributed by atoms with Crippen molar-refractivity contribution in [1.82, 2.24) is 10.2 Å². The second-order valence-corrected chi connectivity index (χ2v) is 6.12. The first-order valence-corrected chi connectivity index (χ1v) is 8.41. The fourth-order valence-electron chi connectivity index (χ4n) is 3.17. The number of nitrogens with one attached hydrogen (secondary N) is 1. The van der Waals surface area contributed by atoms with Gasteiger partial charge in [-0.05, 0) is 56.5 Å². The number of hydrogen-bond acceptors (Lipinski definition) is 3. The largest absolute Gasteiger partial charge is 0.368 e. The molecule has 1 aromatic carbocycles. The Balaban J connectivity index is 0.00000288. The van der Waals surface area contributed by atoms with Gasteiger partial charge in [-0.1, -0.05) is 19.1 Å². The van der Waals surface area contributed by atoms with E-state index in [1.54, 1.807) is 13.2 Å². The number of amides is 1. The average Bonchev–Trinajstić information content (AvgIpc) is 2.58. The zero-order valence-electron chi connectivity index (χ0n) is 14.5. The number of nitrogens with zero attached hydrogens (tertiary/aromatic N) is 1. The van der Waals surface area contributed by atoms with Gasteiger partial charge in [0.1, 0.15) is 11.4 Å². The van der Waals surface area contributed by atoms with Crippen molar-refractivity contribution in [2.24, 2.45) is 0 Å². The summed E-state index contributed by atoms with van der Waals surface area (Å²) in [7, 11) is 1.62. The van der Waals surface area contributed by atoms with Crippen molar-refractivity contribution < 1.29 is 13.9 Å². The lowest BCUT2D eigenvalue weighted by Gasteiger charge is -2.39. The molecule has 1 aliphatic heterocycles. The standard InChI is InChI=1S/C18H27FN2O2.ClH/c1-3-12-21(13-7-15-5-4-6-16(19)14-15)17(22)18(23-2)8-10-20-11-9-18;/h4-6,14,20H,3,7-13H2,1-2H3;1H. The highest BCUT2D eigenvalue weighted by molar-refractivity contribution is 5.85. The SMILES string of the molecule is CCCN(CCc1cccc(F)c1)C(=O)C1(OC)CCNCC1.Cl. The number of rotatable bonds is 7. The van der Waals surface area contributed by atoms with E-state index in [9.17, 15) is 9.18 Å². The average molecular weight is 359 g/mol. The number of piperidine rings is 1. The molecule has 2 rings (SSSR count). The third-order valence-electron chi connectivity index (χ3n) is 4.53. The maximum Gasteiger partial charge on any atom is 0.254 e. The van der Waals surface area contributed by atoms with Crippen LogP contribution in [0.15, 0.2) is 24.3 Å². The Labute approximate surface area is 150 Å². The maximum absolute atomic E-state index is 13.3. The molecule has 1 fully saturated rings. The molecule has 1 aromatic rings. The van der Waals surface area contributed by atoms with E-state index in [1.807, 2.05) is 11.0 Å². The van der Waals surface area contributed by atoms with Crippen LogP contribution in [0.4, 0.5) is 4.39 Å². The lowest BCUT2D eigenvalue weighted by Crippen LogP contribution is -2.55. The fraction of sp³-hybridized carbons (Fsp3) is 0.611. The van der Waals surface area contributed by atoms with Crippen LogP contribution in [-0.2, 0) is 16.0 Å². The maximum atomic E-state index is 13.3. The van der Waals surface area contributed by atoms with Crippen LogP contribution in [0.2, 0.25) is 0 Å². The molecule has 0 spiro atoms. The molecule has 0 radical (unpaired) electrons. The van der Waals surface area contributed by atoms with Crippen LogP contribution in [0.25, 0.3) is 0 Å². The van der Waals surface area contributed by atoms with E-state index < -0.39 is 5.60 Å². The van der Waals surface area contributed by atoms with Crippen molar-refractivity contribution in [3.05, 3.63) is 35.6 Å². The Morgan fingerprint density at radius 3 is 2.62 bits per heavy atom. The Kier molecular flexibility index (Phi) is 8.67. The molecular formula is C18H28ClFN2O2. The minimum atomic E-state index is -0.706. The van der Waals surface area contributed by atoms with Gasteiger partial charge in [-0.15, -0.1) is 12.4 Å². The molecule has 0 aliphatic carbocycles. The Hall–Kier alpha value is -1.17. The summed E-state index contributed by atoms with van der Waals surface area (Å²) in [6, 6.07) is 6.58. The van der Waals surface area contributed by atoms with E-state index in [0.29, 0.717) is 32.4 Å². The predicted octanol–water partition coefficient (Wildman–Crippen LogP) is 2.80. The zero-order chi connectivity index (χ0) is 16.7. The van der Waals surface area contributed by atoms with Crippen molar-refractivity contribution in [3.63, 3.8) is 0 Å². The van der Waals surface area contributed by atoms with E-state index in [4.69, 9.17) is 4.74 Å². The van der Waals surface area contributed by atoms with E-state index in [-0.39, 0.29) is 24.1 Å². The van der Waals surface area contributed by atoms with Gasteiger partial charge in [-0.2, -0.15) is 0 Å². The molecule has 1 aliphatic rings. The van der Waals surface area contributed by atoms with Gasteiger partial charge in [0.2, 0.25) is 0 Å². The first-order chi connectivity index (χ1) is 11.1. The molecule has 1 amide bonds. The zero-order valence-corrected chi connectivity index (χ0v) is 15.3. The van der Waals surface area contributed by atoms with Crippen molar-refractivity contribution >= 4 is 18.3 Å². The molecule has 0 aromatic heterocycles. The number of carbonyl (C=O) groups excluding carboxylic acids is 1. The fourth-order valence-corrected chi connectivity index (χ4v) is 3.17. The summed E-state index contributed by atoms with van der Waals surface area (Å²) < 4.78 is 18.9. The third kappa shape index (κ3) is 5.16. The van der Waals surface area contributed by atoms with Crippen molar-refractivity contribution in [2.75, 3.05) is 33.3 Å². The van der Waals surface area contributed by atoms with Gasteiger partial charge in [-0.3, -0.25) is 4.79 Å². The smallest absolute Gasteiger partial charge is 0.254 e. The molecule has 6 heteroatoms. The summed E-state index contributed by atoms with van der Waals surface area (Å²) in [4.78, 5) is 14.9. The van der Waals surface area contributed by atoms with E-state index in [2.05, 4.69) is 12.2 Å². The molecule has 1 saturated heterocycles. The molecule has 0 atom stereocenters. The summed E-state index contributed by atoms with van der Waals surface area (Å²) in [5.74, 6) is -0.165. The number of hydrogen-bond donors (Lipinski definition) is 1. The minimum absolute atomic E-state index is 0. The second-order valence-electron chi connectivity index (χ2n) is 6.12. The Bertz CT molecular complexity index is 521. The molecule has 4 nitrogen and oxygen atoms in total. The molecule has 1 heterocycles. The molecule has 0 unspecified atom stereocenters. The lowest BCUT2D eigenvalue weighted by molar-refractivity contribution is -0.158. The first-order valence-electron chi connectivity index (χ1n) is 8.41. The summed E-state index contributed by atoms with van der Waals surface area (Å²) in [5.41, 5.74) is 0.207. The van der Waals surface area contributed by atoms with Gasteiger partial charge in [0.15, 0.2) is 0 Å². The van der Waals surface area contributed by atoms with Crippen LogP contribution >= 0.6 is 12.4 Å². The van der Waals surface area contributed by atoms with Gasteiger partial charge in [0.25, 0.3) is 5.91 Å². The Morgan fingerprint density at radius 2 is 2.04 bits per heavy atom. The molecule has 24 heavy (non-hydrogen) atoms. The van der Waals surface area contributed by atoms with E-state index >= 15 is 0 Å². The normalized spacial score (nSPS) is 16.3. The topological polar surface area (TPSA) is 41.6 Å². The highest BCUT2D eigenvalue weighted by Gasteiger charge is 2.42. The van der Waals surface area contributed by atoms with Gasteiger partial charge >= 0.3 is 0 Å². The first kappa shape index (κ1) is 20.9. The van der Waals surface area contributed by atoms with Crippen molar-refractivity contribution in [2.45, 2.75) is 38.2 Å². The second kappa shape index (κ2) is 9.97. The monoisotopic (exact) mass is 358 g/mol. The number of halogens is 2. The number of benzene rings is 1. The molecular weight excluding hydrogens is 331 g/mol. The number of methoxy groups -OCH3 is 1. The van der Waals surface area contributed by atoms with Crippen LogP contribution < -0.4 is 5.32 Å². The quantitative estimate of drug-likeness (QED) is 0.815. The summed E-state index contributed by atoms with van der Waals surface area (Å²) in [5, 5.41) is 3.27. The van der Waals surface area contributed by atoms with Gasteiger partial charge < -0.3 is 15.0 Å². The lowest BCUT2D eigenvalue weighted by atomic mass is 9.90. The van der Waals surface area contributed by atoms with Crippen LogP contribution in [0.5, 0.6) is 0 Å². The highest BCUT2D eigenvalue weighted by atomic mass is 35.5. The summed E-state index contributed by atoms with van der Waals surface area (Å²) in [6.45, 7) is 4.94. The minimum Gasteiger partial charge on any atom is -0.368 e. The van der Waals surface area contributed by atoms with Crippen molar-refractivity contribution in [3.8, 4) is 0 Å². The van der Waals surface area contributed by atoms with E-state index in [0.717, 1.165) is 25.1 Å². The molecule has 0 saturated carbocycles. The molecule has 0 bridgehead atoms. The van der Waals surface area contributed by atoms with E-state index in [1.165, 1.54) is 12.1 Å². The van der Waals surface area contributed by atoms with Crippen LogP contribution in [0.3, 0.4) is 0 Å². The van der Waals surface area contributed by atoms with Crippen LogP contribution in [-0.4, -0.2) is 49.7 Å². The number of ether oxygens (including phenoxy) is 1. The third-order valence-corrected chi connectivity index (χ3v) is 4.53. The summed E-state index contributed by atoms with van der Waals surface area (Å²) >= 11 is 0. The van der Waals surface area contributed by atoms with Gasteiger partial charge in [-0.25, -0.2) is 4.39 Å². The van der Waals surface area contributed by atoms with Crippen LogP contribution in [0, 0.1) is 5.82 Å². The molecule has 1 N–H and O–H groups in total. The van der Waals surface area contributed by atoms with Gasteiger partial charge in [0, 0.05) is 20.2 Å². The predicted molar refractivity (Wildman–Crippen MR) is 96.1 cm³/mol. The summed E-state index contributed by atoms with van der Waals surface area (Å²) in [6.07, 6.45) is 2.94. The molecule has 136 valence electrons. The van der Waals surface area contributed by atoms with Gasteiger partial charge in [0.05, 0.1) is 0 Å². The Morgan fingerprint density at radius 1 is 1.33 bits per heavy atom. The van der Waals surface area contributed by atoms with Crippen LogP contribution in [0.1, 0.15) is 31.7 Å². The number of carbonyl (C=O) groups is 1. The van der Waals surface area contributed by atoms with Crippen molar-refractivity contribution in [1.29, 1.82) is 0 Å². The highest BCUT2D eigenvalue weighted by Crippen LogP contribution is 2.25.